The van der Waals surface area contributed by atoms with Crippen LogP contribution in [0.25, 0.3) is 10.8 Å². The molecule has 1 fully saturated rings. The number of anilines is 1. The van der Waals surface area contributed by atoms with Crippen LogP contribution in [-0.2, 0) is 18.3 Å². The lowest BCUT2D eigenvalue weighted by Gasteiger charge is -2.19. The van der Waals surface area contributed by atoms with Crippen molar-refractivity contribution in [2.24, 2.45) is 13.0 Å². The lowest BCUT2D eigenvalue weighted by Crippen LogP contribution is -2.29. The molecule has 1 aliphatic rings. The molecular formula is C22H27N5O3. The molecule has 0 bridgehead atoms. The highest BCUT2D eigenvalue weighted by Crippen LogP contribution is 2.26. The number of amides is 1. The number of fused-ring (bicyclic) bond motifs is 1. The van der Waals surface area contributed by atoms with Gasteiger partial charge in [0, 0.05) is 37.6 Å². The summed E-state index contributed by atoms with van der Waals surface area (Å²) in [5.41, 5.74) is 0.959. The molecule has 1 aliphatic heterocycles. The molecule has 1 saturated heterocycles. The lowest BCUT2D eigenvalue weighted by molar-refractivity contribution is 0.0791. The van der Waals surface area contributed by atoms with Gasteiger partial charge in [-0.05, 0) is 24.8 Å². The second-order valence-corrected chi connectivity index (χ2v) is 8.22. The van der Waals surface area contributed by atoms with Crippen LogP contribution >= 0.6 is 0 Å². The molecule has 1 atom stereocenters. The summed E-state index contributed by atoms with van der Waals surface area (Å²) in [6.07, 6.45) is 2.03. The molecule has 0 spiro atoms. The quantitative estimate of drug-likeness (QED) is 0.700. The van der Waals surface area contributed by atoms with Crippen molar-refractivity contribution in [3.8, 4) is 0 Å². The normalized spacial score (nSPS) is 16.9. The highest BCUT2D eigenvalue weighted by Gasteiger charge is 2.22. The van der Waals surface area contributed by atoms with Gasteiger partial charge >= 0.3 is 0 Å². The Labute approximate surface area is 174 Å². The van der Waals surface area contributed by atoms with Crippen molar-refractivity contribution in [1.29, 1.82) is 0 Å². The average Bonchev–Trinajstić information content (AvgIpc) is 3.10. The van der Waals surface area contributed by atoms with Crippen molar-refractivity contribution in [2.75, 3.05) is 18.5 Å². The molecule has 8 heteroatoms. The van der Waals surface area contributed by atoms with E-state index in [1.807, 2.05) is 19.9 Å². The molecule has 4 rings (SSSR count). The Kier molecular flexibility index (Phi) is 5.67. The Morgan fingerprint density at radius 1 is 1.27 bits per heavy atom. The van der Waals surface area contributed by atoms with Crippen LogP contribution in [0.2, 0.25) is 0 Å². The fourth-order valence-electron chi connectivity index (χ4n) is 3.83. The number of carbonyl (C=O) groups excluding carboxylic acids is 1. The van der Waals surface area contributed by atoms with Crippen LogP contribution in [0.4, 0.5) is 5.82 Å². The second-order valence-electron chi connectivity index (χ2n) is 8.22. The Morgan fingerprint density at radius 3 is 2.73 bits per heavy atom. The zero-order valence-electron chi connectivity index (χ0n) is 17.6. The number of ether oxygens (including phenoxy) is 1. The molecule has 3 heterocycles. The van der Waals surface area contributed by atoms with Gasteiger partial charge in [0.15, 0.2) is 5.69 Å². The minimum absolute atomic E-state index is 0.184. The van der Waals surface area contributed by atoms with Crippen molar-refractivity contribution in [3.63, 3.8) is 0 Å². The number of hydrogen-bond acceptors (Lipinski definition) is 5. The van der Waals surface area contributed by atoms with Gasteiger partial charge in [-0.15, -0.1) is 0 Å². The predicted molar refractivity (Wildman–Crippen MR) is 115 cm³/mol. The molecule has 30 heavy (non-hydrogen) atoms. The number of carbonyl (C=O) groups is 1. The van der Waals surface area contributed by atoms with E-state index in [-0.39, 0.29) is 29.0 Å². The largest absolute Gasteiger partial charge is 0.381 e. The predicted octanol–water partition coefficient (Wildman–Crippen LogP) is 2.93. The standard InChI is InChI=1S/C22H27N5O3/c1-14(2)12-27-22(29)17-9-5-4-8-16(17)20(25-27)21(28)23-19-11-18(24-26(19)3)15-7-6-10-30-13-15/h4-5,8-9,11,14-15H,6-7,10,12-13H2,1-3H3,(H,23,28). The summed E-state index contributed by atoms with van der Waals surface area (Å²) in [6.45, 7) is 5.90. The van der Waals surface area contributed by atoms with Crippen LogP contribution in [0.5, 0.6) is 0 Å². The van der Waals surface area contributed by atoms with Gasteiger partial charge in [-0.25, -0.2) is 4.68 Å². The molecule has 1 unspecified atom stereocenters. The second kappa shape index (κ2) is 8.39. The van der Waals surface area contributed by atoms with Crippen molar-refractivity contribution < 1.29 is 9.53 Å². The summed E-state index contributed by atoms with van der Waals surface area (Å²) < 4.78 is 8.61. The molecule has 1 aromatic carbocycles. The van der Waals surface area contributed by atoms with Gasteiger partial charge in [0.2, 0.25) is 0 Å². The van der Waals surface area contributed by atoms with Crippen LogP contribution in [-0.4, -0.2) is 38.7 Å². The smallest absolute Gasteiger partial charge is 0.277 e. The molecule has 8 nitrogen and oxygen atoms in total. The maximum Gasteiger partial charge on any atom is 0.277 e. The Balaban J connectivity index is 1.67. The third-order valence-electron chi connectivity index (χ3n) is 5.34. The highest BCUT2D eigenvalue weighted by atomic mass is 16.5. The number of rotatable bonds is 5. The summed E-state index contributed by atoms with van der Waals surface area (Å²) in [4.78, 5) is 25.9. The monoisotopic (exact) mass is 409 g/mol. The number of nitrogens with one attached hydrogen (secondary N) is 1. The number of nitrogens with zero attached hydrogens (tertiary/aromatic N) is 4. The first kappa shape index (κ1) is 20.3. The molecule has 3 aromatic rings. The van der Waals surface area contributed by atoms with E-state index in [4.69, 9.17) is 4.74 Å². The summed E-state index contributed by atoms with van der Waals surface area (Å²) >= 11 is 0. The SMILES string of the molecule is CC(C)Cn1nc(C(=O)Nc2cc(C3CCCOC3)nn2C)c2ccccc2c1=O. The molecular weight excluding hydrogens is 382 g/mol. The Morgan fingerprint density at radius 2 is 2.03 bits per heavy atom. The minimum Gasteiger partial charge on any atom is -0.381 e. The van der Waals surface area contributed by atoms with E-state index in [1.54, 1.807) is 36.0 Å². The van der Waals surface area contributed by atoms with Crippen molar-refractivity contribution >= 4 is 22.5 Å². The molecule has 1 amide bonds. The zero-order valence-corrected chi connectivity index (χ0v) is 17.6. The number of hydrogen-bond donors (Lipinski definition) is 1. The Bertz CT molecular complexity index is 1130. The van der Waals surface area contributed by atoms with E-state index in [2.05, 4.69) is 15.5 Å². The lowest BCUT2D eigenvalue weighted by atomic mass is 9.99. The van der Waals surface area contributed by atoms with Crippen LogP contribution in [0, 0.1) is 5.92 Å². The van der Waals surface area contributed by atoms with E-state index in [9.17, 15) is 9.59 Å². The first-order valence-corrected chi connectivity index (χ1v) is 10.4. The minimum atomic E-state index is -0.363. The molecule has 1 N–H and O–H groups in total. The molecule has 0 aliphatic carbocycles. The van der Waals surface area contributed by atoms with Gasteiger partial charge in [0.05, 0.1) is 17.7 Å². The fraction of sp³-hybridized carbons (Fsp3) is 0.455. The zero-order chi connectivity index (χ0) is 21.3. The van der Waals surface area contributed by atoms with Crippen LogP contribution in [0.1, 0.15) is 48.8 Å². The summed E-state index contributed by atoms with van der Waals surface area (Å²) in [5, 5.41) is 12.9. The topological polar surface area (TPSA) is 91.0 Å². The maximum absolute atomic E-state index is 13.2. The van der Waals surface area contributed by atoms with E-state index in [1.165, 1.54) is 4.68 Å². The first-order chi connectivity index (χ1) is 14.4. The van der Waals surface area contributed by atoms with Crippen LogP contribution < -0.4 is 10.9 Å². The molecule has 2 aromatic heterocycles. The summed E-state index contributed by atoms with van der Waals surface area (Å²) in [6, 6.07) is 8.98. The van der Waals surface area contributed by atoms with E-state index in [0.29, 0.717) is 29.7 Å². The van der Waals surface area contributed by atoms with E-state index in [0.717, 1.165) is 25.1 Å². The van der Waals surface area contributed by atoms with Gasteiger partial charge in [-0.1, -0.05) is 32.0 Å². The third-order valence-corrected chi connectivity index (χ3v) is 5.34. The number of aromatic nitrogens is 4. The van der Waals surface area contributed by atoms with E-state index < -0.39 is 0 Å². The summed E-state index contributed by atoms with van der Waals surface area (Å²) in [7, 11) is 1.80. The molecule has 0 saturated carbocycles. The first-order valence-electron chi connectivity index (χ1n) is 10.4. The number of aryl methyl sites for hydroxylation is 1. The van der Waals surface area contributed by atoms with Crippen molar-refractivity contribution in [2.45, 2.75) is 39.2 Å². The van der Waals surface area contributed by atoms with Crippen LogP contribution in [0.3, 0.4) is 0 Å². The van der Waals surface area contributed by atoms with Crippen molar-refractivity contribution in [1.82, 2.24) is 19.6 Å². The third kappa shape index (κ3) is 4.00. The van der Waals surface area contributed by atoms with Crippen molar-refractivity contribution in [3.05, 3.63) is 52.1 Å². The van der Waals surface area contributed by atoms with Gasteiger partial charge < -0.3 is 10.1 Å². The fourth-order valence-corrected chi connectivity index (χ4v) is 3.83. The van der Waals surface area contributed by atoms with Gasteiger partial charge in [-0.3, -0.25) is 14.3 Å². The van der Waals surface area contributed by atoms with Gasteiger partial charge in [0.25, 0.3) is 11.5 Å². The molecule has 0 radical (unpaired) electrons. The average molecular weight is 409 g/mol. The van der Waals surface area contributed by atoms with Gasteiger partial charge in [0.1, 0.15) is 5.82 Å². The maximum atomic E-state index is 13.2. The van der Waals surface area contributed by atoms with Crippen LogP contribution in [0.15, 0.2) is 35.1 Å². The van der Waals surface area contributed by atoms with Gasteiger partial charge in [-0.2, -0.15) is 10.2 Å². The van der Waals surface area contributed by atoms with E-state index >= 15 is 0 Å². The highest BCUT2D eigenvalue weighted by molar-refractivity contribution is 6.10. The molecule has 158 valence electrons. The Hall–Kier alpha value is -3.00. The number of benzene rings is 1. The summed E-state index contributed by atoms with van der Waals surface area (Å²) in [5.74, 6) is 0.693.